The molecular weight excluding hydrogens is 272 g/mol. The van der Waals surface area contributed by atoms with E-state index in [2.05, 4.69) is 4.98 Å². The number of carbonyl (C=O) groups is 2. The molecule has 6 heteroatoms. The summed E-state index contributed by atoms with van der Waals surface area (Å²) in [5.74, 6) is -1.56. The van der Waals surface area contributed by atoms with Crippen molar-refractivity contribution < 1.29 is 19.4 Å². The molecule has 0 spiro atoms. The predicted octanol–water partition coefficient (Wildman–Crippen LogP) is 2.21. The number of nitrogens with two attached hydrogens (primary N) is 1. The van der Waals surface area contributed by atoms with E-state index in [0.29, 0.717) is 17.7 Å². The van der Waals surface area contributed by atoms with E-state index in [4.69, 9.17) is 15.6 Å². The van der Waals surface area contributed by atoms with Crippen LogP contribution in [0.5, 0.6) is 0 Å². The number of pyridine rings is 1. The lowest BCUT2D eigenvalue weighted by atomic mass is 10.0. The highest BCUT2D eigenvalue weighted by Gasteiger charge is 2.12. The number of aromatic carboxylic acids is 1. The molecule has 1 aromatic heterocycles. The van der Waals surface area contributed by atoms with Crippen molar-refractivity contribution in [2.75, 3.05) is 12.3 Å². The second-order valence-electron chi connectivity index (χ2n) is 4.26. The van der Waals surface area contributed by atoms with Crippen LogP contribution in [0.3, 0.4) is 0 Å². The van der Waals surface area contributed by atoms with Crippen LogP contribution in [-0.2, 0) is 4.74 Å². The van der Waals surface area contributed by atoms with Gasteiger partial charge in [-0.2, -0.15) is 0 Å². The third-order valence-electron chi connectivity index (χ3n) is 2.88. The Kier molecular flexibility index (Phi) is 4.18. The van der Waals surface area contributed by atoms with Crippen molar-refractivity contribution in [3.8, 4) is 11.1 Å². The minimum Gasteiger partial charge on any atom is -0.478 e. The maximum atomic E-state index is 11.6. The highest BCUT2D eigenvalue weighted by atomic mass is 16.5. The molecule has 0 radical (unpaired) electrons. The number of hydrogen-bond donors (Lipinski definition) is 2. The van der Waals surface area contributed by atoms with Gasteiger partial charge in [-0.25, -0.2) is 14.6 Å². The number of nitrogens with zero attached hydrogens (tertiary/aromatic N) is 1. The second-order valence-corrected chi connectivity index (χ2v) is 4.26. The number of carbonyl (C=O) groups excluding carboxylic acids is 1. The Hall–Kier alpha value is -2.89. The number of aromatic nitrogens is 1. The van der Waals surface area contributed by atoms with Crippen molar-refractivity contribution in [1.29, 1.82) is 0 Å². The van der Waals surface area contributed by atoms with Crippen molar-refractivity contribution in [2.24, 2.45) is 0 Å². The molecule has 0 bridgehead atoms. The molecule has 0 atom stereocenters. The molecule has 6 nitrogen and oxygen atoms in total. The molecule has 0 saturated carbocycles. The summed E-state index contributed by atoms with van der Waals surface area (Å²) in [4.78, 5) is 26.5. The lowest BCUT2D eigenvalue weighted by Gasteiger charge is -2.06. The predicted molar refractivity (Wildman–Crippen MR) is 77.0 cm³/mol. The molecule has 0 unspecified atom stereocenters. The number of hydrogen-bond acceptors (Lipinski definition) is 5. The van der Waals surface area contributed by atoms with E-state index < -0.39 is 11.9 Å². The number of benzene rings is 1. The van der Waals surface area contributed by atoms with Gasteiger partial charge >= 0.3 is 11.9 Å². The molecule has 3 N–H and O–H groups in total. The number of rotatable bonds is 4. The first-order valence-corrected chi connectivity index (χ1v) is 6.29. The molecule has 1 aromatic carbocycles. The largest absolute Gasteiger partial charge is 0.478 e. The van der Waals surface area contributed by atoms with E-state index >= 15 is 0 Å². The highest BCUT2D eigenvalue weighted by Crippen LogP contribution is 2.22. The molecule has 21 heavy (non-hydrogen) atoms. The normalized spacial score (nSPS) is 10.1. The zero-order valence-electron chi connectivity index (χ0n) is 11.4. The quantitative estimate of drug-likeness (QED) is 0.835. The zero-order valence-corrected chi connectivity index (χ0v) is 11.4. The Morgan fingerprint density at radius 3 is 2.48 bits per heavy atom. The third kappa shape index (κ3) is 3.17. The number of carboxylic acid groups (broad SMARTS) is 1. The van der Waals surface area contributed by atoms with Gasteiger partial charge in [-0.15, -0.1) is 0 Å². The van der Waals surface area contributed by atoms with Gasteiger partial charge in [-0.3, -0.25) is 0 Å². The van der Waals surface area contributed by atoms with Gasteiger partial charge < -0.3 is 15.6 Å². The number of ether oxygens (including phenoxy) is 1. The first kappa shape index (κ1) is 14.5. The van der Waals surface area contributed by atoms with Gasteiger partial charge in [-0.05, 0) is 30.7 Å². The van der Waals surface area contributed by atoms with Crippen LogP contribution in [0, 0.1) is 0 Å². The van der Waals surface area contributed by atoms with Crippen LogP contribution in [0.4, 0.5) is 5.82 Å². The SMILES string of the molecule is CCOC(=O)c1ccc(-c2cnc(N)c(C(=O)O)c2)cc1. The standard InChI is InChI=1S/C15H14N2O4/c1-2-21-15(20)10-5-3-9(4-6-10)11-7-12(14(18)19)13(16)17-8-11/h3-8H,2H2,1H3,(H2,16,17)(H,18,19). The van der Waals surface area contributed by atoms with E-state index in [1.807, 2.05) is 0 Å². The minimum absolute atomic E-state index is 0.0330. The molecule has 0 aliphatic rings. The van der Waals surface area contributed by atoms with E-state index in [0.717, 1.165) is 5.56 Å². The molecule has 2 rings (SSSR count). The van der Waals surface area contributed by atoms with Crippen LogP contribution in [0.1, 0.15) is 27.6 Å². The fraction of sp³-hybridized carbons (Fsp3) is 0.133. The van der Waals surface area contributed by atoms with E-state index in [-0.39, 0.29) is 11.4 Å². The van der Waals surface area contributed by atoms with Gasteiger partial charge in [0.2, 0.25) is 0 Å². The molecule has 0 aliphatic carbocycles. The van der Waals surface area contributed by atoms with Crippen LogP contribution >= 0.6 is 0 Å². The molecule has 0 amide bonds. The maximum Gasteiger partial charge on any atom is 0.339 e. The van der Waals surface area contributed by atoms with Gasteiger partial charge in [0, 0.05) is 11.8 Å². The van der Waals surface area contributed by atoms with Crippen LogP contribution in [0.15, 0.2) is 36.5 Å². The van der Waals surface area contributed by atoms with Gasteiger partial charge in [0.15, 0.2) is 0 Å². The lowest BCUT2D eigenvalue weighted by molar-refractivity contribution is 0.0526. The highest BCUT2D eigenvalue weighted by molar-refractivity contribution is 5.94. The number of esters is 1. The lowest BCUT2D eigenvalue weighted by Crippen LogP contribution is -2.05. The topological polar surface area (TPSA) is 103 Å². The van der Waals surface area contributed by atoms with Gasteiger partial charge in [0.05, 0.1) is 12.2 Å². The molecule has 0 saturated heterocycles. The molecule has 0 aliphatic heterocycles. The average Bonchev–Trinajstić information content (AvgIpc) is 2.48. The van der Waals surface area contributed by atoms with Gasteiger partial charge in [0.25, 0.3) is 0 Å². The number of anilines is 1. The van der Waals surface area contributed by atoms with Crippen LogP contribution < -0.4 is 5.73 Å². The summed E-state index contributed by atoms with van der Waals surface area (Å²) in [6.45, 7) is 2.05. The first-order valence-electron chi connectivity index (χ1n) is 6.29. The molecule has 0 fully saturated rings. The Morgan fingerprint density at radius 2 is 1.90 bits per heavy atom. The fourth-order valence-corrected chi connectivity index (χ4v) is 1.82. The van der Waals surface area contributed by atoms with Crippen molar-refractivity contribution >= 4 is 17.8 Å². The second kappa shape index (κ2) is 6.04. The van der Waals surface area contributed by atoms with E-state index in [9.17, 15) is 9.59 Å². The van der Waals surface area contributed by atoms with Crippen LogP contribution in [0.25, 0.3) is 11.1 Å². The van der Waals surface area contributed by atoms with Crippen molar-refractivity contribution in [3.63, 3.8) is 0 Å². The minimum atomic E-state index is -1.13. The summed E-state index contributed by atoms with van der Waals surface area (Å²) in [6, 6.07) is 8.08. The van der Waals surface area contributed by atoms with E-state index in [1.165, 1.54) is 12.3 Å². The fourth-order valence-electron chi connectivity index (χ4n) is 1.82. The zero-order chi connectivity index (χ0) is 15.4. The van der Waals surface area contributed by atoms with E-state index in [1.54, 1.807) is 31.2 Å². The summed E-state index contributed by atoms with van der Waals surface area (Å²) in [5.41, 5.74) is 7.23. The molecule has 2 aromatic rings. The summed E-state index contributed by atoms with van der Waals surface area (Å²) in [5, 5.41) is 9.03. The molecule has 108 valence electrons. The van der Waals surface area contributed by atoms with Crippen molar-refractivity contribution in [2.45, 2.75) is 6.92 Å². The summed E-state index contributed by atoms with van der Waals surface area (Å²) in [6.07, 6.45) is 1.49. The Labute approximate surface area is 121 Å². The Bertz CT molecular complexity index is 681. The summed E-state index contributed by atoms with van der Waals surface area (Å²) in [7, 11) is 0. The molecular formula is C15H14N2O4. The molecule has 1 heterocycles. The Balaban J connectivity index is 2.33. The average molecular weight is 286 g/mol. The summed E-state index contributed by atoms with van der Waals surface area (Å²) >= 11 is 0. The van der Waals surface area contributed by atoms with Crippen LogP contribution in [-0.4, -0.2) is 28.6 Å². The van der Waals surface area contributed by atoms with Crippen molar-refractivity contribution in [1.82, 2.24) is 4.98 Å². The van der Waals surface area contributed by atoms with Gasteiger partial charge in [0.1, 0.15) is 11.4 Å². The maximum absolute atomic E-state index is 11.6. The number of carboxylic acids is 1. The Morgan fingerprint density at radius 1 is 1.24 bits per heavy atom. The van der Waals surface area contributed by atoms with Crippen LogP contribution in [0.2, 0.25) is 0 Å². The van der Waals surface area contributed by atoms with Gasteiger partial charge in [-0.1, -0.05) is 12.1 Å². The summed E-state index contributed by atoms with van der Waals surface area (Å²) < 4.78 is 4.89. The first-order chi connectivity index (χ1) is 10.0. The number of nitrogen functional groups attached to an aromatic ring is 1. The third-order valence-corrected chi connectivity index (χ3v) is 2.88. The van der Waals surface area contributed by atoms with Crippen molar-refractivity contribution in [3.05, 3.63) is 47.7 Å². The monoisotopic (exact) mass is 286 g/mol. The smallest absolute Gasteiger partial charge is 0.339 e.